The lowest BCUT2D eigenvalue weighted by molar-refractivity contribution is -0.139. The third-order valence-corrected chi connectivity index (χ3v) is 8.11. The van der Waals surface area contributed by atoms with Gasteiger partial charge in [-0.05, 0) is 78.6 Å². The van der Waals surface area contributed by atoms with E-state index in [1.54, 1.807) is 11.5 Å². The number of fused-ring (bicyclic) bond motifs is 1. The standard InChI is InChI=1S/C30H28F2N4O2.C2H4FNO.C2H6/c31-24-12-23(13-25(32)15-24)27-17-36(29(38)30(35-27)7-1-2-8-30)18-28(37)34-26-6-5-19-10-21(11-22(19)14-26)20-4-3-9-33-16-20;1-4-2(3)5;1-2/h3-6,9,12-16,21H,1-2,7-8,10-11,17-18H2,(H,34,37);1H3,(H,4,5);1-2H3. The summed E-state index contributed by atoms with van der Waals surface area (Å²) in [5.41, 5.74) is 4.10. The van der Waals surface area contributed by atoms with Crippen LogP contribution in [-0.2, 0) is 22.4 Å². The van der Waals surface area contributed by atoms with E-state index in [4.69, 9.17) is 9.79 Å². The molecule has 2 heterocycles. The lowest BCUT2D eigenvalue weighted by Gasteiger charge is -2.37. The van der Waals surface area contributed by atoms with Gasteiger partial charge in [0.1, 0.15) is 23.7 Å². The molecule has 0 saturated heterocycles. The SMILES string of the molecule is CC.CNC(=O)F.O=C(CN1CC(c2cc(F)cc(F)c2)=NC2(CCCC2)C1=O)Nc1ccc2c(c1)CC(c1cccnc1)C2. The second-order valence-corrected chi connectivity index (χ2v) is 11.1. The Hall–Kier alpha value is -4.54. The number of carbonyl (C=O) groups excluding carboxylic acids is 3. The molecular formula is C34H38F3N5O3. The molecule has 1 aromatic heterocycles. The second-order valence-electron chi connectivity index (χ2n) is 11.1. The second kappa shape index (κ2) is 15.0. The van der Waals surface area contributed by atoms with Crippen LogP contribution in [0.5, 0.6) is 0 Å². The Kier molecular flexibility index (Phi) is 11.1. The molecule has 3 amide bonds. The number of nitrogens with one attached hydrogen (secondary N) is 2. The monoisotopic (exact) mass is 621 g/mol. The molecule has 1 fully saturated rings. The van der Waals surface area contributed by atoms with E-state index in [-0.39, 0.29) is 24.9 Å². The van der Waals surface area contributed by atoms with E-state index >= 15 is 0 Å². The van der Waals surface area contributed by atoms with Gasteiger partial charge in [0.15, 0.2) is 0 Å². The molecule has 6 rings (SSSR count). The maximum Gasteiger partial charge on any atom is 0.397 e. The van der Waals surface area contributed by atoms with Crippen molar-refractivity contribution in [3.05, 3.63) is 94.8 Å². The first-order valence-electron chi connectivity index (χ1n) is 15.2. The fraction of sp³-hybridized carbons (Fsp3) is 0.382. The van der Waals surface area contributed by atoms with Crippen LogP contribution in [0.25, 0.3) is 0 Å². The van der Waals surface area contributed by atoms with E-state index < -0.39 is 23.3 Å². The topological polar surface area (TPSA) is 104 Å². The minimum Gasteiger partial charge on any atom is -0.331 e. The van der Waals surface area contributed by atoms with Gasteiger partial charge in [0.25, 0.3) is 5.91 Å². The highest BCUT2D eigenvalue weighted by atomic mass is 19.1. The summed E-state index contributed by atoms with van der Waals surface area (Å²) in [6.07, 6.45) is 6.80. The number of pyridine rings is 1. The molecule has 8 nitrogen and oxygen atoms in total. The van der Waals surface area contributed by atoms with E-state index in [1.807, 2.05) is 44.3 Å². The average Bonchev–Trinajstić information content (AvgIpc) is 3.68. The van der Waals surface area contributed by atoms with Crippen LogP contribution in [0, 0.1) is 11.6 Å². The number of aliphatic imine (C=N–C) groups is 1. The van der Waals surface area contributed by atoms with E-state index in [9.17, 15) is 22.8 Å². The molecule has 0 bridgehead atoms. The fourth-order valence-corrected chi connectivity index (χ4v) is 6.10. The minimum atomic E-state index is -1.50. The predicted molar refractivity (Wildman–Crippen MR) is 167 cm³/mol. The van der Waals surface area contributed by atoms with Crippen molar-refractivity contribution in [1.82, 2.24) is 15.2 Å². The number of benzene rings is 2. The molecule has 1 unspecified atom stereocenters. The Balaban J connectivity index is 0.000000602. The van der Waals surface area contributed by atoms with Crippen molar-refractivity contribution in [1.29, 1.82) is 0 Å². The van der Waals surface area contributed by atoms with Gasteiger partial charge >= 0.3 is 6.16 Å². The summed E-state index contributed by atoms with van der Waals surface area (Å²) in [5.74, 6) is -1.55. The van der Waals surface area contributed by atoms with E-state index in [2.05, 4.69) is 16.4 Å². The highest BCUT2D eigenvalue weighted by molar-refractivity contribution is 6.09. The van der Waals surface area contributed by atoms with Crippen LogP contribution < -0.4 is 10.6 Å². The molecule has 11 heteroatoms. The van der Waals surface area contributed by atoms with Crippen molar-refractivity contribution in [2.45, 2.75) is 63.8 Å². The largest absolute Gasteiger partial charge is 0.397 e. The summed E-state index contributed by atoms with van der Waals surface area (Å²) < 4.78 is 38.6. The minimum absolute atomic E-state index is 0.0217. The van der Waals surface area contributed by atoms with Crippen molar-refractivity contribution in [3.8, 4) is 0 Å². The molecule has 1 spiro atoms. The van der Waals surface area contributed by atoms with E-state index in [0.717, 1.165) is 31.7 Å². The molecule has 2 N–H and O–H groups in total. The van der Waals surface area contributed by atoms with Crippen LogP contribution in [0.15, 0.2) is 65.9 Å². The number of carbonyl (C=O) groups is 3. The van der Waals surface area contributed by atoms with E-state index in [1.165, 1.54) is 40.8 Å². The van der Waals surface area contributed by atoms with Crippen LogP contribution in [-0.4, -0.2) is 59.2 Å². The van der Waals surface area contributed by atoms with E-state index in [0.29, 0.717) is 35.7 Å². The van der Waals surface area contributed by atoms with Crippen LogP contribution in [0.1, 0.15) is 67.7 Å². The molecular weight excluding hydrogens is 583 g/mol. The molecule has 3 aromatic rings. The van der Waals surface area contributed by atoms with Crippen LogP contribution in [0.2, 0.25) is 0 Å². The Morgan fingerprint density at radius 2 is 1.67 bits per heavy atom. The predicted octanol–water partition coefficient (Wildman–Crippen LogP) is 6.15. The zero-order valence-corrected chi connectivity index (χ0v) is 25.7. The van der Waals surface area contributed by atoms with Gasteiger partial charge in [-0.1, -0.05) is 38.8 Å². The smallest absolute Gasteiger partial charge is 0.331 e. The molecule has 238 valence electrons. The van der Waals surface area contributed by atoms with Gasteiger partial charge in [0.2, 0.25) is 5.91 Å². The molecule has 1 saturated carbocycles. The van der Waals surface area contributed by atoms with Gasteiger partial charge < -0.3 is 15.5 Å². The summed E-state index contributed by atoms with van der Waals surface area (Å²) >= 11 is 0. The number of hydrogen-bond acceptors (Lipinski definition) is 5. The first-order chi connectivity index (χ1) is 21.7. The lowest BCUT2D eigenvalue weighted by Crippen LogP contribution is -2.54. The maximum atomic E-state index is 14.0. The van der Waals surface area contributed by atoms with Gasteiger partial charge in [-0.15, -0.1) is 4.39 Å². The van der Waals surface area contributed by atoms with Crippen molar-refractivity contribution < 1.29 is 27.6 Å². The normalized spacial score (nSPS) is 17.7. The zero-order valence-electron chi connectivity index (χ0n) is 25.7. The number of anilines is 1. The van der Waals surface area contributed by atoms with Gasteiger partial charge in [0.05, 0.1) is 12.3 Å². The molecule has 1 atom stereocenters. The van der Waals surface area contributed by atoms with Gasteiger partial charge in [-0.3, -0.25) is 19.6 Å². The fourth-order valence-electron chi connectivity index (χ4n) is 6.10. The van der Waals surface area contributed by atoms with Crippen LogP contribution in [0.4, 0.5) is 23.7 Å². The Labute approximate surface area is 261 Å². The molecule has 3 aliphatic rings. The average molecular weight is 622 g/mol. The summed E-state index contributed by atoms with van der Waals surface area (Å²) in [6.45, 7) is 3.86. The maximum absolute atomic E-state index is 14.0. The summed E-state index contributed by atoms with van der Waals surface area (Å²) in [4.78, 5) is 46.0. The first kappa shape index (κ1) is 33.4. The third-order valence-electron chi connectivity index (χ3n) is 8.11. The van der Waals surface area contributed by atoms with Gasteiger partial charge in [-0.2, -0.15) is 0 Å². The summed E-state index contributed by atoms with van der Waals surface area (Å²) in [5, 5.41) is 4.66. The van der Waals surface area contributed by atoms with Crippen LogP contribution >= 0.6 is 0 Å². The highest BCUT2D eigenvalue weighted by Crippen LogP contribution is 2.38. The number of halogens is 3. The van der Waals surface area contributed by atoms with Gasteiger partial charge in [0, 0.05) is 36.8 Å². The molecule has 1 aliphatic heterocycles. The lowest BCUT2D eigenvalue weighted by atomic mass is 9.92. The molecule has 2 aliphatic carbocycles. The Bertz CT molecular complexity index is 1540. The van der Waals surface area contributed by atoms with Crippen molar-refractivity contribution in [2.24, 2.45) is 4.99 Å². The summed E-state index contributed by atoms with van der Waals surface area (Å²) in [7, 11) is 1.22. The molecule has 45 heavy (non-hydrogen) atoms. The highest BCUT2D eigenvalue weighted by Gasteiger charge is 2.47. The zero-order chi connectivity index (χ0) is 32.6. The van der Waals surface area contributed by atoms with Gasteiger partial charge in [-0.25, -0.2) is 13.6 Å². The van der Waals surface area contributed by atoms with Crippen molar-refractivity contribution >= 4 is 29.4 Å². The molecule has 0 radical (unpaired) electrons. The van der Waals surface area contributed by atoms with Crippen molar-refractivity contribution in [3.63, 3.8) is 0 Å². The first-order valence-corrected chi connectivity index (χ1v) is 15.2. The Morgan fingerprint density at radius 3 is 2.29 bits per heavy atom. The summed E-state index contributed by atoms with van der Waals surface area (Å²) in [6, 6.07) is 13.2. The number of rotatable bonds is 5. The Morgan fingerprint density at radius 1 is 1.00 bits per heavy atom. The van der Waals surface area contributed by atoms with Crippen LogP contribution in [0.3, 0.4) is 0 Å². The van der Waals surface area contributed by atoms with Crippen molar-refractivity contribution in [2.75, 3.05) is 25.5 Å². The number of amides is 3. The quantitative estimate of drug-likeness (QED) is 0.264. The molecule has 2 aromatic carbocycles. The third kappa shape index (κ3) is 8.14. The number of hydrogen-bond donors (Lipinski definition) is 2. The number of nitrogens with zero attached hydrogens (tertiary/aromatic N) is 3. The number of aromatic nitrogens is 1.